The number of hydrogen-bond acceptors (Lipinski definition) is 4. The van der Waals surface area contributed by atoms with E-state index in [-0.39, 0.29) is 11.9 Å². The number of hydrogen-bond donors (Lipinski definition) is 1. The highest BCUT2D eigenvalue weighted by molar-refractivity contribution is 5.47. The Bertz CT molecular complexity index is 441. The SMILES string of the molecule is CCNCc1cc(F)cnc1N1CCC(C)C(OC)C1. The Morgan fingerprint density at radius 1 is 1.55 bits per heavy atom. The summed E-state index contributed by atoms with van der Waals surface area (Å²) >= 11 is 0. The predicted molar refractivity (Wildman–Crippen MR) is 78.4 cm³/mol. The minimum atomic E-state index is -0.282. The van der Waals surface area contributed by atoms with Gasteiger partial charge in [0.05, 0.1) is 12.3 Å². The molecule has 5 heteroatoms. The van der Waals surface area contributed by atoms with Gasteiger partial charge in [-0.25, -0.2) is 9.37 Å². The quantitative estimate of drug-likeness (QED) is 0.898. The zero-order chi connectivity index (χ0) is 14.5. The molecule has 1 aromatic rings. The summed E-state index contributed by atoms with van der Waals surface area (Å²) in [6, 6.07) is 1.57. The summed E-state index contributed by atoms with van der Waals surface area (Å²) in [6.07, 6.45) is 2.57. The van der Waals surface area contributed by atoms with E-state index in [0.717, 1.165) is 37.4 Å². The van der Waals surface area contributed by atoms with Crippen molar-refractivity contribution in [2.75, 3.05) is 31.6 Å². The van der Waals surface area contributed by atoms with Gasteiger partial charge in [-0.05, 0) is 24.9 Å². The largest absolute Gasteiger partial charge is 0.379 e. The third-order valence-corrected chi connectivity index (χ3v) is 3.97. The van der Waals surface area contributed by atoms with Crippen molar-refractivity contribution in [2.45, 2.75) is 32.9 Å². The second-order valence-electron chi connectivity index (χ2n) is 5.40. The minimum Gasteiger partial charge on any atom is -0.379 e. The van der Waals surface area contributed by atoms with E-state index in [1.54, 1.807) is 13.2 Å². The van der Waals surface area contributed by atoms with Crippen molar-refractivity contribution in [3.63, 3.8) is 0 Å². The number of methoxy groups -OCH3 is 1. The van der Waals surface area contributed by atoms with Gasteiger partial charge in [0, 0.05) is 32.3 Å². The highest BCUT2D eigenvalue weighted by Gasteiger charge is 2.27. The number of anilines is 1. The number of aromatic nitrogens is 1. The van der Waals surface area contributed by atoms with Crippen LogP contribution in [0.3, 0.4) is 0 Å². The summed E-state index contributed by atoms with van der Waals surface area (Å²) in [4.78, 5) is 6.51. The van der Waals surface area contributed by atoms with Crippen molar-refractivity contribution >= 4 is 5.82 Å². The first-order chi connectivity index (χ1) is 9.65. The lowest BCUT2D eigenvalue weighted by atomic mass is 9.95. The van der Waals surface area contributed by atoms with Gasteiger partial charge in [-0.15, -0.1) is 0 Å². The Morgan fingerprint density at radius 2 is 2.35 bits per heavy atom. The second-order valence-corrected chi connectivity index (χ2v) is 5.40. The van der Waals surface area contributed by atoms with Gasteiger partial charge >= 0.3 is 0 Å². The van der Waals surface area contributed by atoms with Crippen LogP contribution >= 0.6 is 0 Å². The fourth-order valence-corrected chi connectivity index (χ4v) is 2.68. The van der Waals surface area contributed by atoms with Crippen LogP contribution in [0.15, 0.2) is 12.3 Å². The molecule has 2 unspecified atom stereocenters. The van der Waals surface area contributed by atoms with Gasteiger partial charge in [0.1, 0.15) is 11.6 Å². The fourth-order valence-electron chi connectivity index (χ4n) is 2.68. The van der Waals surface area contributed by atoms with Gasteiger partial charge in [0.2, 0.25) is 0 Å². The molecule has 0 amide bonds. The van der Waals surface area contributed by atoms with E-state index in [2.05, 4.69) is 22.1 Å². The molecule has 0 saturated carbocycles. The lowest BCUT2D eigenvalue weighted by molar-refractivity contribution is 0.0496. The summed E-state index contributed by atoms with van der Waals surface area (Å²) in [6.45, 7) is 7.50. The maximum Gasteiger partial charge on any atom is 0.141 e. The minimum absolute atomic E-state index is 0.211. The summed E-state index contributed by atoms with van der Waals surface area (Å²) in [7, 11) is 1.75. The highest BCUT2D eigenvalue weighted by atomic mass is 19.1. The van der Waals surface area contributed by atoms with Crippen molar-refractivity contribution in [2.24, 2.45) is 5.92 Å². The molecule has 2 heterocycles. The van der Waals surface area contributed by atoms with E-state index in [1.165, 1.54) is 6.20 Å². The van der Waals surface area contributed by atoms with E-state index < -0.39 is 0 Å². The van der Waals surface area contributed by atoms with Crippen LogP contribution in [0.1, 0.15) is 25.8 Å². The van der Waals surface area contributed by atoms with Gasteiger partial charge in [-0.1, -0.05) is 13.8 Å². The van der Waals surface area contributed by atoms with Crippen LogP contribution in [0.4, 0.5) is 10.2 Å². The molecule has 0 aromatic carbocycles. The van der Waals surface area contributed by atoms with Crippen molar-refractivity contribution < 1.29 is 9.13 Å². The Kier molecular flexibility index (Phi) is 5.31. The summed E-state index contributed by atoms with van der Waals surface area (Å²) in [5, 5.41) is 3.24. The summed E-state index contributed by atoms with van der Waals surface area (Å²) < 4.78 is 19.0. The number of ether oxygens (including phenoxy) is 1. The molecule has 0 spiro atoms. The van der Waals surface area contributed by atoms with Crippen molar-refractivity contribution in [1.29, 1.82) is 0 Å². The van der Waals surface area contributed by atoms with Gasteiger partial charge < -0.3 is 15.0 Å². The van der Waals surface area contributed by atoms with Crippen molar-refractivity contribution in [3.05, 3.63) is 23.6 Å². The molecule has 1 aliphatic heterocycles. The number of nitrogens with one attached hydrogen (secondary N) is 1. The van der Waals surface area contributed by atoms with Crippen LogP contribution in [0.5, 0.6) is 0 Å². The van der Waals surface area contributed by atoms with E-state index in [0.29, 0.717) is 12.5 Å². The van der Waals surface area contributed by atoms with Crippen LogP contribution in [-0.4, -0.2) is 37.8 Å². The second kappa shape index (κ2) is 6.99. The number of pyridine rings is 1. The molecule has 20 heavy (non-hydrogen) atoms. The maximum absolute atomic E-state index is 13.4. The molecule has 0 radical (unpaired) electrons. The molecule has 112 valence electrons. The monoisotopic (exact) mass is 281 g/mol. The van der Waals surface area contributed by atoms with Crippen LogP contribution in [0, 0.1) is 11.7 Å². The molecular weight excluding hydrogens is 257 g/mol. The molecule has 4 nitrogen and oxygen atoms in total. The zero-order valence-corrected chi connectivity index (χ0v) is 12.5. The fraction of sp³-hybridized carbons (Fsp3) is 0.667. The maximum atomic E-state index is 13.4. The average molecular weight is 281 g/mol. The first kappa shape index (κ1) is 15.2. The van der Waals surface area contributed by atoms with Crippen LogP contribution < -0.4 is 10.2 Å². The topological polar surface area (TPSA) is 37.4 Å². The molecule has 0 aliphatic carbocycles. The Balaban J connectivity index is 2.18. The molecular formula is C15H24FN3O. The molecule has 1 aromatic heterocycles. The van der Waals surface area contributed by atoms with Crippen molar-refractivity contribution in [1.82, 2.24) is 10.3 Å². The van der Waals surface area contributed by atoms with E-state index >= 15 is 0 Å². The predicted octanol–water partition coefficient (Wildman–Crippen LogP) is 2.19. The number of rotatable bonds is 5. The molecule has 1 N–H and O–H groups in total. The molecule has 2 rings (SSSR count). The summed E-state index contributed by atoms with van der Waals surface area (Å²) in [5.41, 5.74) is 0.913. The Morgan fingerprint density at radius 3 is 3.05 bits per heavy atom. The number of piperidine rings is 1. The average Bonchev–Trinajstić information content (AvgIpc) is 2.46. The van der Waals surface area contributed by atoms with E-state index in [4.69, 9.17) is 4.74 Å². The Hall–Kier alpha value is -1.20. The highest BCUT2D eigenvalue weighted by Crippen LogP contribution is 2.26. The number of nitrogens with zero attached hydrogens (tertiary/aromatic N) is 2. The first-order valence-electron chi connectivity index (χ1n) is 7.28. The van der Waals surface area contributed by atoms with Crippen LogP contribution in [-0.2, 0) is 11.3 Å². The molecule has 2 atom stereocenters. The van der Waals surface area contributed by atoms with Gasteiger partial charge in [-0.2, -0.15) is 0 Å². The van der Waals surface area contributed by atoms with E-state index in [9.17, 15) is 4.39 Å². The van der Waals surface area contributed by atoms with Crippen LogP contribution in [0.2, 0.25) is 0 Å². The zero-order valence-electron chi connectivity index (χ0n) is 12.5. The van der Waals surface area contributed by atoms with Gasteiger partial charge in [0.15, 0.2) is 0 Å². The van der Waals surface area contributed by atoms with Gasteiger partial charge in [-0.3, -0.25) is 0 Å². The standard InChI is InChI=1S/C15H24FN3O/c1-4-17-8-12-7-13(16)9-18-15(12)19-6-5-11(2)14(10-19)20-3/h7,9,11,14,17H,4-6,8,10H2,1-3H3. The third kappa shape index (κ3) is 3.46. The molecule has 1 saturated heterocycles. The molecule has 1 aliphatic rings. The lowest BCUT2D eigenvalue weighted by Crippen LogP contribution is -2.44. The Labute approximate surface area is 120 Å². The smallest absolute Gasteiger partial charge is 0.141 e. The lowest BCUT2D eigenvalue weighted by Gasteiger charge is -2.37. The summed E-state index contributed by atoms with van der Waals surface area (Å²) in [5.74, 6) is 1.14. The molecule has 0 bridgehead atoms. The normalized spacial score (nSPS) is 23.1. The molecule has 1 fully saturated rings. The van der Waals surface area contributed by atoms with Gasteiger partial charge in [0.25, 0.3) is 0 Å². The number of halogens is 1. The van der Waals surface area contributed by atoms with Crippen LogP contribution in [0.25, 0.3) is 0 Å². The first-order valence-corrected chi connectivity index (χ1v) is 7.28. The van der Waals surface area contributed by atoms with Crippen molar-refractivity contribution in [3.8, 4) is 0 Å². The van der Waals surface area contributed by atoms with E-state index in [1.807, 2.05) is 6.92 Å². The third-order valence-electron chi connectivity index (χ3n) is 3.97.